The maximum atomic E-state index is 13.7. The summed E-state index contributed by atoms with van der Waals surface area (Å²) in [5.41, 5.74) is 5.90. The zero-order valence-corrected chi connectivity index (χ0v) is 18.8. The third kappa shape index (κ3) is 4.67. The molecule has 0 radical (unpaired) electrons. The molecule has 0 saturated carbocycles. The van der Waals surface area contributed by atoms with Gasteiger partial charge >= 0.3 is 0 Å². The lowest BCUT2D eigenvalue weighted by Gasteiger charge is -2.12. The van der Waals surface area contributed by atoms with Crippen LogP contribution in [-0.4, -0.2) is 17.5 Å². The number of methoxy groups -OCH3 is 1. The number of unbranched alkanes of at least 4 members (excludes halogenated alkanes) is 1. The maximum absolute atomic E-state index is 13.7. The summed E-state index contributed by atoms with van der Waals surface area (Å²) in [4.78, 5) is 13.7. The number of carbonyl (C=O) groups is 1. The minimum Gasteiger partial charge on any atom is -0.497 e. The summed E-state index contributed by atoms with van der Waals surface area (Å²) in [6.07, 6.45) is 5.14. The molecule has 0 aliphatic heterocycles. The molecule has 0 saturated heterocycles. The van der Waals surface area contributed by atoms with Gasteiger partial charge in [-0.1, -0.05) is 86.1 Å². The minimum absolute atomic E-state index is 0.0871. The van der Waals surface area contributed by atoms with Crippen LogP contribution in [0, 0.1) is 0 Å². The zero-order chi connectivity index (χ0) is 22.3. The Morgan fingerprint density at radius 1 is 0.875 bits per heavy atom. The largest absolute Gasteiger partial charge is 0.497 e. The van der Waals surface area contributed by atoms with E-state index in [1.54, 1.807) is 7.11 Å². The summed E-state index contributed by atoms with van der Waals surface area (Å²) in [5, 5.41) is 0. The SMILES string of the molecule is CCCCc1c(C(=O)c2ccccc2)c(-c2ccccc2)cn1Cc1ccc(OC)cc1. The van der Waals surface area contributed by atoms with E-state index >= 15 is 0 Å². The molecule has 3 heteroatoms. The van der Waals surface area contributed by atoms with E-state index in [0.717, 1.165) is 53.0 Å². The quantitative estimate of drug-likeness (QED) is 0.278. The number of hydrogen-bond acceptors (Lipinski definition) is 2. The van der Waals surface area contributed by atoms with E-state index in [-0.39, 0.29) is 5.78 Å². The second kappa shape index (κ2) is 10.1. The van der Waals surface area contributed by atoms with Gasteiger partial charge in [0.2, 0.25) is 0 Å². The summed E-state index contributed by atoms with van der Waals surface area (Å²) in [6, 6.07) is 28.0. The predicted octanol–water partition coefficient (Wildman–Crippen LogP) is 6.79. The molecule has 0 spiro atoms. The van der Waals surface area contributed by atoms with Gasteiger partial charge in [0.25, 0.3) is 0 Å². The van der Waals surface area contributed by atoms with Crippen molar-refractivity contribution in [1.29, 1.82) is 0 Å². The molecule has 0 atom stereocenters. The van der Waals surface area contributed by atoms with E-state index < -0.39 is 0 Å². The van der Waals surface area contributed by atoms with Gasteiger partial charge in [-0.2, -0.15) is 0 Å². The van der Waals surface area contributed by atoms with Gasteiger partial charge in [0.05, 0.1) is 12.7 Å². The molecule has 0 aliphatic rings. The van der Waals surface area contributed by atoms with Gasteiger partial charge in [-0.3, -0.25) is 4.79 Å². The summed E-state index contributed by atoms with van der Waals surface area (Å²) < 4.78 is 7.57. The van der Waals surface area contributed by atoms with Crippen LogP contribution >= 0.6 is 0 Å². The minimum atomic E-state index is 0.0871. The van der Waals surface area contributed by atoms with E-state index in [1.165, 1.54) is 5.56 Å². The van der Waals surface area contributed by atoms with Crippen LogP contribution in [0.25, 0.3) is 11.1 Å². The van der Waals surface area contributed by atoms with Gasteiger partial charge in [-0.05, 0) is 36.1 Å². The first-order valence-electron chi connectivity index (χ1n) is 11.2. The molecule has 3 aromatic carbocycles. The van der Waals surface area contributed by atoms with Gasteiger partial charge in [0.15, 0.2) is 5.78 Å². The summed E-state index contributed by atoms with van der Waals surface area (Å²) in [6.45, 7) is 2.90. The van der Waals surface area contributed by atoms with Gasteiger partial charge in [-0.15, -0.1) is 0 Å². The topological polar surface area (TPSA) is 31.2 Å². The Morgan fingerprint density at radius 2 is 1.53 bits per heavy atom. The molecule has 0 unspecified atom stereocenters. The molecule has 0 bridgehead atoms. The molecule has 0 aliphatic carbocycles. The number of carbonyl (C=O) groups excluding carboxylic acids is 1. The Kier molecular flexibility index (Phi) is 6.86. The number of ether oxygens (including phenoxy) is 1. The molecule has 4 aromatic rings. The van der Waals surface area contributed by atoms with Crippen LogP contribution in [0.4, 0.5) is 0 Å². The molecule has 0 fully saturated rings. The normalized spacial score (nSPS) is 10.8. The zero-order valence-electron chi connectivity index (χ0n) is 18.8. The first-order chi connectivity index (χ1) is 15.7. The monoisotopic (exact) mass is 423 g/mol. The standard InChI is InChI=1S/C29H29NO2/c1-3-4-15-27-28(29(31)24-13-9-6-10-14-24)26(23-11-7-5-8-12-23)21-30(27)20-22-16-18-25(32-2)19-17-22/h5-14,16-19,21H,3-4,15,20H2,1-2H3. The smallest absolute Gasteiger partial charge is 0.195 e. The fourth-order valence-corrected chi connectivity index (χ4v) is 4.10. The van der Waals surface area contributed by atoms with E-state index in [1.807, 2.05) is 60.7 Å². The highest BCUT2D eigenvalue weighted by atomic mass is 16.5. The first-order valence-corrected chi connectivity index (χ1v) is 11.2. The van der Waals surface area contributed by atoms with Crippen molar-refractivity contribution < 1.29 is 9.53 Å². The van der Waals surface area contributed by atoms with Crippen molar-refractivity contribution in [2.24, 2.45) is 0 Å². The molecular formula is C29H29NO2. The van der Waals surface area contributed by atoms with Crippen molar-refractivity contribution in [3.63, 3.8) is 0 Å². The summed E-state index contributed by atoms with van der Waals surface area (Å²) in [5.74, 6) is 0.932. The molecular weight excluding hydrogens is 394 g/mol. The lowest BCUT2D eigenvalue weighted by Crippen LogP contribution is -2.10. The highest BCUT2D eigenvalue weighted by molar-refractivity contribution is 6.13. The highest BCUT2D eigenvalue weighted by Gasteiger charge is 2.23. The Bertz CT molecular complexity index is 1160. The third-order valence-electron chi connectivity index (χ3n) is 5.82. The number of benzene rings is 3. The maximum Gasteiger partial charge on any atom is 0.195 e. The molecule has 32 heavy (non-hydrogen) atoms. The van der Waals surface area contributed by atoms with Crippen LogP contribution in [-0.2, 0) is 13.0 Å². The fourth-order valence-electron chi connectivity index (χ4n) is 4.10. The highest BCUT2D eigenvalue weighted by Crippen LogP contribution is 2.32. The van der Waals surface area contributed by atoms with Crippen molar-refractivity contribution >= 4 is 5.78 Å². The van der Waals surface area contributed by atoms with E-state index in [0.29, 0.717) is 6.54 Å². The number of aromatic nitrogens is 1. The molecule has 4 rings (SSSR count). The summed E-state index contributed by atoms with van der Waals surface area (Å²) >= 11 is 0. The number of nitrogens with zero attached hydrogens (tertiary/aromatic N) is 1. The van der Waals surface area contributed by atoms with Crippen LogP contribution in [0.15, 0.2) is 91.1 Å². The van der Waals surface area contributed by atoms with Crippen molar-refractivity contribution in [2.75, 3.05) is 7.11 Å². The Hall–Kier alpha value is -3.59. The third-order valence-corrected chi connectivity index (χ3v) is 5.82. The average Bonchev–Trinajstić information content (AvgIpc) is 3.21. The van der Waals surface area contributed by atoms with E-state index in [4.69, 9.17) is 4.74 Å². The van der Waals surface area contributed by atoms with Crippen molar-refractivity contribution in [3.8, 4) is 16.9 Å². The molecule has 0 amide bonds. The van der Waals surface area contributed by atoms with Crippen LogP contribution in [0.5, 0.6) is 5.75 Å². The second-order valence-corrected chi connectivity index (χ2v) is 8.01. The van der Waals surface area contributed by atoms with Gasteiger partial charge in [0.1, 0.15) is 5.75 Å². The van der Waals surface area contributed by atoms with Crippen LogP contribution < -0.4 is 4.74 Å². The van der Waals surface area contributed by atoms with E-state index in [9.17, 15) is 4.79 Å². The average molecular weight is 424 g/mol. The first kappa shape index (κ1) is 21.6. The van der Waals surface area contributed by atoms with E-state index in [2.05, 4.69) is 42.0 Å². The molecule has 162 valence electrons. The van der Waals surface area contributed by atoms with Gasteiger partial charge in [-0.25, -0.2) is 0 Å². The second-order valence-electron chi connectivity index (χ2n) is 8.01. The lowest BCUT2D eigenvalue weighted by molar-refractivity contribution is 0.103. The number of rotatable bonds is 9. The van der Waals surface area contributed by atoms with Crippen LogP contribution in [0.1, 0.15) is 46.9 Å². The Morgan fingerprint density at radius 3 is 2.16 bits per heavy atom. The molecule has 3 nitrogen and oxygen atoms in total. The Balaban J connectivity index is 1.85. The number of ketones is 1. The molecule has 1 aromatic heterocycles. The summed E-state index contributed by atoms with van der Waals surface area (Å²) in [7, 11) is 1.68. The predicted molar refractivity (Wildman–Crippen MR) is 130 cm³/mol. The fraction of sp³-hybridized carbons (Fsp3) is 0.207. The molecule has 1 heterocycles. The van der Waals surface area contributed by atoms with Crippen molar-refractivity contribution in [2.45, 2.75) is 32.7 Å². The Labute approximate surface area is 190 Å². The van der Waals surface area contributed by atoms with Crippen molar-refractivity contribution in [3.05, 3.63) is 114 Å². The van der Waals surface area contributed by atoms with Crippen molar-refractivity contribution in [1.82, 2.24) is 4.57 Å². The van der Waals surface area contributed by atoms with Gasteiger partial charge < -0.3 is 9.30 Å². The van der Waals surface area contributed by atoms with Gasteiger partial charge in [0, 0.05) is 29.6 Å². The molecule has 0 N–H and O–H groups in total. The number of hydrogen-bond donors (Lipinski definition) is 0. The van der Waals surface area contributed by atoms with Crippen LogP contribution in [0.2, 0.25) is 0 Å². The van der Waals surface area contributed by atoms with Crippen LogP contribution in [0.3, 0.4) is 0 Å². The lowest BCUT2D eigenvalue weighted by atomic mass is 9.94.